The molecule has 0 aliphatic carbocycles. The minimum atomic E-state index is -0.225. The molecule has 6 heteroatoms. The Morgan fingerprint density at radius 1 is 1.25 bits per heavy atom. The number of carbonyl (C=O) groups excluding carboxylic acids is 3. The van der Waals surface area contributed by atoms with E-state index in [-0.39, 0.29) is 35.4 Å². The first-order chi connectivity index (χ1) is 11.4. The monoisotopic (exact) mass is 348 g/mol. The molecule has 3 amide bonds. The zero-order chi connectivity index (χ0) is 17.7. The average Bonchev–Trinajstić information content (AvgIpc) is 2.85. The summed E-state index contributed by atoms with van der Waals surface area (Å²) in [7, 11) is 0. The van der Waals surface area contributed by atoms with Crippen LogP contribution in [-0.4, -0.2) is 33.7 Å². The van der Waals surface area contributed by atoms with Crippen molar-refractivity contribution in [1.29, 1.82) is 0 Å². The lowest BCUT2D eigenvalue weighted by Gasteiger charge is -2.16. The van der Waals surface area contributed by atoms with Gasteiger partial charge in [0, 0.05) is 11.6 Å². The van der Waals surface area contributed by atoms with E-state index in [2.05, 4.69) is 19.2 Å². The molecular formula is C18H24N2O3S. The van der Waals surface area contributed by atoms with Gasteiger partial charge in [-0.3, -0.25) is 19.3 Å². The van der Waals surface area contributed by atoms with Crippen molar-refractivity contribution in [1.82, 2.24) is 10.2 Å². The third-order valence-electron chi connectivity index (χ3n) is 3.92. The molecule has 1 heterocycles. The highest BCUT2D eigenvalue weighted by Gasteiger charge is 2.29. The fraction of sp³-hybridized carbons (Fsp3) is 0.500. The molecule has 0 spiro atoms. The van der Waals surface area contributed by atoms with E-state index in [1.54, 1.807) is 18.2 Å². The minimum absolute atomic E-state index is 0.113. The van der Waals surface area contributed by atoms with Crippen molar-refractivity contribution in [2.75, 3.05) is 5.75 Å². The lowest BCUT2D eigenvalue weighted by atomic mass is 10.0. The van der Waals surface area contributed by atoms with Crippen molar-refractivity contribution in [3.63, 3.8) is 0 Å². The van der Waals surface area contributed by atoms with Crippen LogP contribution >= 0.6 is 11.8 Å². The highest BCUT2D eigenvalue weighted by molar-refractivity contribution is 8.14. The van der Waals surface area contributed by atoms with Gasteiger partial charge in [-0.1, -0.05) is 37.7 Å². The van der Waals surface area contributed by atoms with Crippen LogP contribution in [0.15, 0.2) is 24.3 Å². The number of nitrogens with zero attached hydrogens (tertiary/aromatic N) is 1. The average molecular weight is 348 g/mol. The molecule has 1 saturated heterocycles. The van der Waals surface area contributed by atoms with Crippen molar-refractivity contribution >= 4 is 28.8 Å². The number of rotatable bonds is 7. The van der Waals surface area contributed by atoms with Gasteiger partial charge in [0.2, 0.25) is 5.91 Å². The molecule has 0 saturated carbocycles. The first kappa shape index (κ1) is 18.5. The highest BCUT2D eigenvalue weighted by Crippen LogP contribution is 2.21. The molecule has 0 radical (unpaired) electrons. The number of thioether (sulfide) groups is 1. The van der Waals surface area contributed by atoms with E-state index < -0.39 is 0 Å². The summed E-state index contributed by atoms with van der Waals surface area (Å²) in [5.74, 6) is 0.511. The molecule has 0 bridgehead atoms. The van der Waals surface area contributed by atoms with Crippen LogP contribution in [0, 0.1) is 5.92 Å². The minimum Gasteiger partial charge on any atom is -0.350 e. The lowest BCUT2D eigenvalue weighted by Crippen LogP contribution is -2.33. The summed E-state index contributed by atoms with van der Waals surface area (Å²) in [6.45, 7) is 6.55. The van der Waals surface area contributed by atoms with E-state index >= 15 is 0 Å². The predicted molar refractivity (Wildman–Crippen MR) is 95.8 cm³/mol. The Morgan fingerprint density at radius 2 is 2.00 bits per heavy atom. The molecule has 130 valence electrons. The van der Waals surface area contributed by atoms with Crippen molar-refractivity contribution < 1.29 is 14.4 Å². The van der Waals surface area contributed by atoms with Crippen LogP contribution in [0.25, 0.3) is 0 Å². The molecule has 1 aliphatic rings. The topological polar surface area (TPSA) is 66.5 Å². The van der Waals surface area contributed by atoms with Gasteiger partial charge in [-0.05, 0) is 43.4 Å². The zero-order valence-corrected chi connectivity index (χ0v) is 15.2. The first-order valence-corrected chi connectivity index (χ1v) is 9.22. The molecule has 2 rings (SSSR count). The van der Waals surface area contributed by atoms with Gasteiger partial charge >= 0.3 is 0 Å². The second-order valence-corrected chi connectivity index (χ2v) is 7.51. The van der Waals surface area contributed by atoms with E-state index in [9.17, 15) is 14.4 Å². The standard InChI is InChI=1S/C18H24N2O3S/c1-12(2)7-8-13(3)19-17(22)15-6-4-5-14(9-15)10-20-16(21)11-24-18(20)23/h4-6,9,12-13H,7-8,10-11H2,1-3H3,(H,19,22). The van der Waals surface area contributed by atoms with Gasteiger partial charge in [-0.2, -0.15) is 0 Å². The summed E-state index contributed by atoms with van der Waals surface area (Å²) in [6, 6.07) is 7.20. The highest BCUT2D eigenvalue weighted by atomic mass is 32.2. The first-order valence-electron chi connectivity index (χ1n) is 8.23. The molecule has 1 aliphatic heterocycles. The van der Waals surface area contributed by atoms with E-state index in [4.69, 9.17) is 0 Å². The van der Waals surface area contributed by atoms with Crippen molar-refractivity contribution in [2.24, 2.45) is 5.92 Å². The molecule has 24 heavy (non-hydrogen) atoms. The molecule has 0 aromatic heterocycles. The van der Waals surface area contributed by atoms with Crippen LogP contribution in [0.2, 0.25) is 0 Å². The lowest BCUT2D eigenvalue weighted by molar-refractivity contribution is -0.125. The Bertz CT molecular complexity index is 614. The van der Waals surface area contributed by atoms with Crippen molar-refractivity contribution in [3.8, 4) is 0 Å². The fourth-order valence-corrected chi connectivity index (χ4v) is 3.21. The maximum atomic E-state index is 12.4. The SMILES string of the molecule is CC(C)CCC(C)NC(=O)c1cccc(CN2C(=O)CSC2=O)c1. The Hall–Kier alpha value is -1.82. The summed E-state index contributed by atoms with van der Waals surface area (Å²) in [5.41, 5.74) is 1.33. The third-order valence-corrected chi connectivity index (χ3v) is 4.78. The molecule has 1 fully saturated rings. The molecule has 5 nitrogen and oxygen atoms in total. The molecule has 1 atom stereocenters. The van der Waals surface area contributed by atoms with Gasteiger partial charge in [0.15, 0.2) is 0 Å². The molecular weight excluding hydrogens is 324 g/mol. The Kier molecular flexibility index (Phi) is 6.43. The third kappa shape index (κ3) is 5.09. The van der Waals surface area contributed by atoms with E-state index in [0.717, 1.165) is 30.2 Å². The van der Waals surface area contributed by atoms with E-state index in [1.165, 1.54) is 4.90 Å². The summed E-state index contributed by atoms with van der Waals surface area (Å²) in [5, 5.41) is 2.77. The maximum Gasteiger partial charge on any atom is 0.289 e. The Morgan fingerprint density at radius 3 is 2.62 bits per heavy atom. The van der Waals surface area contributed by atoms with Crippen LogP contribution in [0.5, 0.6) is 0 Å². The van der Waals surface area contributed by atoms with Gasteiger partial charge in [-0.25, -0.2) is 0 Å². The smallest absolute Gasteiger partial charge is 0.289 e. The van der Waals surface area contributed by atoms with Crippen molar-refractivity contribution in [3.05, 3.63) is 35.4 Å². The number of hydrogen-bond donors (Lipinski definition) is 1. The summed E-state index contributed by atoms with van der Waals surface area (Å²) in [4.78, 5) is 36.9. The van der Waals surface area contributed by atoms with Gasteiger partial charge in [-0.15, -0.1) is 0 Å². The van der Waals surface area contributed by atoms with Gasteiger partial charge in [0.25, 0.3) is 11.1 Å². The number of benzene rings is 1. The van der Waals surface area contributed by atoms with Gasteiger partial charge in [0.05, 0.1) is 12.3 Å². The van der Waals surface area contributed by atoms with Crippen LogP contribution in [-0.2, 0) is 11.3 Å². The summed E-state index contributed by atoms with van der Waals surface area (Å²) >= 11 is 1.02. The normalized spacial score (nSPS) is 15.9. The molecule has 1 N–H and O–H groups in total. The van der Waals surface area contributed by atoms with Crippen molar-refractivity contribution in [2.45, 2.75) is 46.2 Å². The van der Waals surface area contributed by atoms with Crippen LogP contribution in [0.1, 0.15) is 49.5 Å². The second-order valence-electron chi connectivity index (χ2n) is 6.58. The Balaban J connectivity index is 1.97. The summed E-state index contributed by atoms with van der Waals surface area (Å²) < 4.78 is 0. The van der Waals surface area contributed by atoms with Gasteiger partial charge in [0.1, 0.15) is 0 Å². The predicted octanol–water partition coefficient (Wildman–Crippen LogP) is 3.44. The summed E-state index contributed by atoms with van der Waals surface area (Å²) in [6.07, 6.45) is 2.01. The molecule has 1 aromatic rings. The van der Waals surface area contributed by atoms with Crippen LogP contribution < -0.4 is 5.32 Å². The number of hydrogen-bond acceptors (Lipinski definition) is 4. The van der Waals surface area contributed by atoms with Crippen LogP contribution in [0.4, 0.5) is 4.79 Å². The number of amides is 3. The van der Waals surface area contributed by atoms with E-state index in [1.807, 2.05) is 13.0 Å². The maximum absolute atomic E-state index is 12.4. The molecule has 1 aromatic carbocycles. The Labute approximate surface area is 147 Å². The largest absolute Gasteiger partial charge is 0.350 e. The number of nitrogens with one attached hydrogen (secondary N) is 1. The zero-order valence-electron chi connectivity index (χ0n) is 14.4. The fourth-order valence-electron chi connectivity index (χ4n) is 2.49. The number of carbonyl (C=O) groups is 3. The van der Waals surface area contributed by atoms with Gasteiger partial charge < -0.3 is 5.32 Å². The van der Waals surface area contributed by atoms with E-state index in [0.29, 0.717) is 11.5 Å². The quantitative estimate of drug-likeness (QED) is 0.820. The second kappa shape index (κ2) is 8.33. The molecule has 1 unspecified atom stereocenters. The van der Waals surface area contributed by atoms with Crippen LogP contribution in [0.3, 0.4) is 0 Å². The number of imide groups is 1.